The molecule has 1 N–H and O–H groups in total. The number of ether oxygens (including phenoxy) is 1. The first-order valence-electron chi connectivity index (χ1n) is 8.29. The van der Waals surface area contributed by atoms with Crippen molar-refractivity contribution in [3.8, 4) is 11.8 Å². The number of hydrogen-bond donors (Lipinski definition) is 1. The monoisotopic (exact) mass is 412 g/mol. The minimum Gasteiger partial charge on any atom is -0.488 e. The van der Waals surface area contributed by atoms with Crippen molar-refractivity contribution in [3.63, 3.8) is 0 Å². The number of nitrogens with one attached hydrogen (secondary N) is 1. The third kappa shape index (κ3) is 5.75. The first kappa shape index (κ1) is 19.7. The van der Waals surface area contributed by atoms with Crippen LogP contribution in [0.25, 0.3) is 6.08 Å². The first-order valence-corrected chi connectivity index (χ1v) is 9.09. The van der Waals surface area contributed by atoms with Gasteiger partial charge in [0.2, 0.25) is 0 Å². The maximum atomic E-state index is 12.1. The van der Waals surface area contributed by atoms with Gasteiger partial charge in [0.05, 0.1) is 0 Å². The Hall–Kier alpha value is -2.58. The van der Waals surface area contributed by atoms with E-state index in [0.29, 0.717) is 17.9 Å². The molecule has 2 aromatic rings. The molecule has 0 aliphatic rings. The van der Waals surface area contributed by atoms with Gasteiger partial charge in [-0.2, -0.15) is 5.26 Å². The van der Waals surface area contributed by atoms with Crippen molar-refractivity contribution < 1.29 is 9.53 Å². The maximum Gasteiger partial charge on any atom is 0.262 e. The van der Waals surface area contributed by atoms with Crippen molar-refractivity contribution in [2.24, 2.45) is 0 Å². The van der Waals surface area contributed by atoms with Gasteiger partial charge in [-0.1, -0.05) is 45.8 Å². The Kier molecular flexibility index (Phi) is 6.99. The van der Waals surface area contributed by atoms with Crippen molar-refractivity contribution in [2.75, 3.05) is 0 Å². The quantitative estimate of drug-likeness (QED) is 0.548. The topological polar surface area (TPSA) is 62.1 Å². The van der Waals surface area contributed by atoms with Crippen molar-refractivity contribution in [2.45, 2.75) is 33.4 Å². The fraction of sp³-hybridized carbons (Fsp3) is 0.238. The highest BCUT2D eigenvalue weighted by Gasteiger charge is 2.12. The van der Waals surface area contributed by atoms with Crippen LogP contribution in [0.1, 0.15) is 30.5 Å². The van der Waals surface area contributed by atoms with Crippen LogP contribution in [0.5, 0.6) is 5.75 Å². The first-order chi connectivity index (χ1) is 12.4. The van der Waals surface area contributed by atoms with Gasteiger partial charge in [-0.3, -0.25) is 4.79 Å². The summed E-state index contributed by atoms with van der Waals surface area (Å²) in [5, 5.41) is 12.1. The summed E-state index contributed by atoms with van der Waals surface area (Å²) in [4.78, 5) is 12.1. The molecule has 0 spiro atoms. The summed E-state index contributed by atoms with van der Waals surface area (Å²) in [5.74, 6) is 0.215. The van der Waals surface area contributed by atoms with Crippen LogP contribution in [-0.2, 0) is 11.4 Å². The molecule has 2 rings (SSSR count). The second-order valence-electron chi connectivity index (χ2n) is 6.26. The molecule has 2 aromatic carbocycles. The molecule has 0 saturated heterocycles. The smallest absolute Gasteiger partial charge is 0.262 e. The third-order valence-electron chi connectivity index (χ3n) is 3.53. The second kappa shape index (κ2) is 9.21. The highest BCUT2D eigenvalue weighted by molar-refractivity contribution is 9.10. The van der Waals surface area contributed by atoms with Crippen molar-refractivity contribution in [3.05, 3.63) is 69.2 Å². The number of carbonyl (C=O) groups is 1. The fourth-order valence-electron chi connectivity index (χ4n) is 2.37. The molecule has 0 heterocycles. The molecule has 0 saturated carbocycles. The zero-order valence-electron chi connectivity index (χ0n) is 15.0. The van der Waals surface area contributed by atoms with Crippen molar-refractivity contribution in [1.82, 2.24) is 5.32 Å². The molecular weight excluding hydrogens is 392 g/mol. The number of carbonyl (C=O) groups excluding carboxylic acids is 1. The number of halogens is 1. The van der Waals surface area contributed by atoms with Crippen LogP contribution in [-0.4, -0.2) is 11.9 Å². The van der Waals surface area contributed by atoms with Gasteiger partial charge >= 0.3 is 0 Å². The molecule has 26 heavy (non-hydrogen) atoms. The van der Waals surface area contributed by atoms with Gasteiger partial charge in [0.25, 0.3) is 5.91 Å². The van der Waals surface area contributed by atoms with Gasteiger partial charge in [0.1, 0.15) is 24.0 Å². The molecule has 0 fully saturated rings. The summed E-state index contributed by atoms with van der Waals surface area (Å²) in [6, 6.07) is 15.5. The number of aryl methyl sites for hydroxylation is 1. The van der Waals surface area contributed by atoms with E-state index >= 15 is 0 Å². The van der Waals surface area contributed by atoms with Gasteiger partial charge in [0.15, 0.2) is 0 Å². The molecule has 5 heteroatoms. The Bertz CT molecular complexity index is 867. The molecular formula is C21H21BrN2O2. The lowest BCUT2D eigenvalue weighted by atomic mass is 10.1. The standard InChI is InChI=1S/C21H21BrN2O2/c1-14(2)24-21(25)18(12-23)10-17-11-19(22)7-8-20(17)26-13-16-6-4-5-15(3)9-16/h4-11,14H,13H2,1-3H3,(H,24,25)/b18-10-. The summed E-state index contributed by atoms with van der Waals surface area (Å²) < 4.78 is 6.77. The highest BCUT2D eigenvalue weighted by Crippen LogP contribution is 2.26. The number of hydrogen-bond acceptors (Lipinski definition) is 3. The predicted octanol–water partition coefficient (Wildman–Crippen LogP) is 4.77. The van der Waals surface area contributed by atoms with E-state index in [1.54, 1.807) is 6.08 Å². The summed E-state index contributed by atoms with van der Waals surface area (Å²) >= 11 is 3.42. The van der Waals surface area contributed by atoms with Gasteiger partial charge in [-0.25, -0.2) is 0 Å². The molecule has 0 aliphatic heterocycles. The number of nitriles is 1. The molecule has 0 atom stereocenters. The molecule has 0 unspecified atom stereocenters. The Morgan fingerprint density at radius 1 is 1.31 bits per heavy atom. The predicted molar refractivity (Wildman–Crippen MR) is 107 cm³/mol. The fourth-order valence-corrected chi connectivity index (χ4v) is 2.75. The van der Waals surface area contributed by atoms with Gasteiger partial charge in [-0.15, -0.1) is 0 Å². The van der Waals surface area contributed by atoms with Gasteiger partial charge in [-0.05, 0) is 50.6 Å². The van der Waals surface area contributed by atoms with E-state index in [1.807, 2.05) is 63.2 Å². The van der Waals surface area contributed by atoms with Crippen molar-refractivity contribution >= 4 is 27.9 Å². The number of benzene rings is 2. The lowest BCUT2D eigenvalue weighted by molar-refractivity contribution is -0.117. The van der Waals surface area contributed by atoms with E-state index in [2.05, 4.69) is 27.3 Å². The number of amides is 1. The molecule has 0 bridgehead atoms. The van der Waals surface area contributed by atoms with E-state index in [0.717, 1.165) is 10.0 Å². The average molecular weight is 413 g/mol. The molecule has 0 radical (unpaired) electrons. The molecule has 1 amide bonds. The highest BCUT2D eigenvalue weighted by atomic mass is 79.9. The largest absolute Gasteiger partial charge is 0.488 e. The SMILES string of the molecule is Cc1cccc(COc2ccc(Br)cc2/C=C(/C#N)C(=O)NC(C)C)c1. The molecule has 0 aromatic heterocycles. The summed E-state index contributed by atoms with van der Waals surface area (Å²) in [5.41, 5.74) is 2.93. The van der Waals surface area contributed by atoms with Crippen LogP contribution in [0.15, 0.2) is 52.5 Å². The minimum absolute atomic E-state index is 0.0391. The normalized spacial score (nSPS) is 11.2. The molecule has 4 nitrogen and oxygen atoms in total. The Morgan fingerprint density at radius 2 is 2.08 bits per heavy atom. The zero-order chi connectivity index (χ0) is 19.1. The van der Waals surface area contributed by atoms with Crippen LogP contribution < -0.4 is 10.1 Å². The third-order valence-corrected chi connectivity index (χ3v) is 4.03. The Balaban J connectivity index is 2.27. The van der Waals surface area contributed by atoms with Crippen LogP contribution in [0.3, 0.4) is 0 Å². The van der Waals surface area contributed by atoms with Gasteiger partial charge < -0.3 is 10.1 Å². The number of rotatable bonds is 6. The summed E-state index contributed by atoms with van der Waals surface area (Å²) in [6.45, 7) is 6.14. The summed E-state index contributed by atoms with van der Waals surface area (Å²) in [6.07, 6.45) is 1.55. The van der Waals surface area contributed by atoms with E-state index in [1.165, 1.54) is 5.56 Å². The lowest BCUT2D eigenvalue weighted by Gasteiger charge is -2.11. The maximum absolute atomic E-state index is 12.1. The van der Waals surface area contributed by atoms with Crippen molar-refractivity contribution in [1.29, 1.82) is 5.26 Å². The minimum atomic E-state index is -0.396. The van der Waals surface area contributed by atoms with Crippen LogP contribution in [0.2, 0.25) is 0 Å². The second-order valence-corrected chi connectivity index (χ2v) is 7.17. The molecule has 0 aliphatic carbocycles. The average Bonchev–Trinajstić information content (AvgIpc) is 2.58. The van der Waals surface area contributed by atoms with Crippen LogP contribution in [0, 0.1) is 18.3 Å². The van der Waals surface area contributed by atoms with E-state index in [4.69, 9.17) is 4.74 Å². The zero-order valence-corrected chi connectivity index (χ0v) is 16.6. The van der Waals surface area contributed by atoms with E-state index < -0.39 is 5.91 Å². The Morgan fingerprint density at radius 3 is 2.73 bits per heavy atom. The van der Waals surface area contributed by atoms with Crippen LogP contribution in [0.4, 0.5) is 0 Å². The van der Waals surface area contributed by atoms with Crippen LogP contribution >= 0.6 is 15.9 Å². The van der Waals surface area contributed by atoms with E-state index in [9.17, 15) is 10.1 Å². The lowest BCUT2D eigenvalue weighted by Crippen LogP contribution is -2.30. The Labute approximate surface area is 162 Å². The number of nitrogens with zero attached hydrogens (tertiary/aromatic N) is 1. The molecule has 134 valence electrons. The van der Waals surface area contributed by atoms with E-state index in [-0.39, 0.29) is 11.6 Å². The van der Waals surface area contributed by atoms with Gasteiger partial charge in [0, 0.05) is 16.1 Å². The summed E-state index contributed by atoms with van der Waals surface area (Å²) in [7, 11) is 0.